The molecule has 28 heavy (non-hydrogen) atoms. The minimum Gasteiger partial charge on any atom is -0.355 e. The standard InChI is InChI=1S/C22H34N4O2/c1-5-17(6-2)20(27)25-13-9-11-22(21(28)24(3)4)16-26(15-18(22)14-25)19-10-7-8-12-23-19/h7-8,10,12,17-18H,5-6,9,11,13-16H2,1-4H3/t18-,22-/m1/s1. The molecule has 2 amide bonds. The van der Waals surface area contributed by atoms with Crippen molar-refractivity contribution in [1.29, 1.82) is 0 Å². The fourth-order valence-corrected chi connectivity index (χ4v) is 5.04. The fraction of sp³-hybridized carbons (Fsp3) is 0.682. The summed E-state index contributed by atoms with van der Waals surface area (Å²) in [7, 11) is 3.69. The average molecular weight is 387 g/mol. The number of aromatic nitrogens is 1. The molecule has 0 saturated carbocycles. The molecule has 2 aliphatic rings. The molecule has 0 N–H and O–H groups in total. The van der Waals surface area contributed by atoms with Crippen LogP contribution in [-0.2, 0) is 9.59 Å². The van der Waals surface area contributed by atoms with E-state index in [0.717, 1.165) is 44.6 Å². The number of amides is 2. The van der Waals surface area contributed by atoms with E-state index in [9.17, 15) is 9.59 Å². The van der Waals surface area contributed by atoms with Crippen molar-refractivity contribution in [3.8, 4) is 0 Å². The number of likely N-dealkylation sites (tertiary alicyclic amines) is 1. The summed E-state index contributed by atoms with van der Waals surface area (Å²) in [6.07, 6.45) is 5.24. The summed E-state index contributed by atoms with van der Waals surface area (Å²) >= 11 is 0. The van der Waals surface area contributed by atoms with Crippen LogP contribution < -0.4 is 4.90 Å². The first-order valence-corrected chi connectivity index (χ1v) is 10.6. The van der Waals surface area contributed by atoms with Crippen LogP contribution in [0.15, 0.2) is 24.4 Å². The zero-order chi connectivity index (χ0) is 20.3. The molecule has 1 aromatic heterocycles. The Morgan fingerprint density at radius 2 is 2.00 bits per heavy atom. The van der Waals surface area contributed by atoms with Gasteiger partial charge in [-0.2, -0.15) is 0 Å². The topological polar surface area (TPSA) is 56.8 Å². The van der Waals surface area contributed by atoms with E-state index < -0.39 is 5.41 Å². The van der Waals surface area contributed by atoms with Crippen molar-refractivity contribution in [2.75, 3.05) is 45.2 Å². The van der Waals surface area contributed by atoms with Gasteiger partial charge in [-0.3, -0.25) is 9.59 Å². The van der Waals surface area contributed by atoms with Crippen LogP contribution in [0, 0.1) is 17.3 Å². The smallest absolute Gasteiger partial charge is 0.230 e. The summed E-state index contributed by atoms with van der Waals surface area (Å²) in [6, 6.07) is 5.90. The Balaban J connectivity index is 1.90. The van der Waals surface area contributed by atoms with Crippen LogP contribution in [0.25, 0.3) is 0 Å². The largest absolute Gasteiger partial charge is 0.355 e. The van der Waals surface area contributed by atoms with E-state index in [4.69, 9.17) is 0 Å². The normalized spacial score (nSPS) is 24.8. The molecule has 3 heterocycles. The van der Waals surface area contributed by atoms with Crippen LogP contribution in [0.4, 0.5) is 5.82 Å². The highest BCUT2D eigenvalue weighted by atomic mass is 16.2. The first kappa shape index (κ1) is 20.6. The molecule has 2 atom stereocenters. The van der Waals surface area contributed by atoms with Crippen molar-refractivity contribution >= 4 is 17.6 Å². The highest BCUT2D eigenvalue weighted by Crippen LogP contribution is 2.45. The Bertz CT molecular complexity index is 689. The second kappa shape index (κ2) is 8.50. The van der Waals surface area contributed by atoms with Gasteiger partial charge < -0.3 is 14.7 Å². The summed E-state index contributed by atoms with van der Waals surface area (Å²) in [5.74, 6) is 1.58. The molecule has 0 radical (unpaired) electrons. The SMILES string of the molecule is CCC(CC)C(=O)N1CCC[C@@]2(C(=O)N(C)C)CN(c3ccccn3)C[C@H]2C1. The van der Waals surface area contributed by atoms with Gasteiger partial charge in [0.25, 0.3) is 0 Å². The van der Waals surface area contributed by atoms with Crippen molar-refractivity contribution < 1.29 is 9.59 Å². The van der Waals surface area contributed by atoms with Gasteiger partial charge in [0.2, 0.25) is 11.8 Å². The van der Waals surface area contributed by atoms with Crippen molar-refractivity contribution in [2.45, 2.75) is 39.5 Å². The number of carbonyl (C=O) groups is 2. The van der Waals surface area contributed by atoms with Gasteiger partial charge >= 0.3 is 0 Å². The number of pyridine rings is 1. The molecular formula is C22H34N4O2. The summed E-state index contributed by atoms with van der Waals surface area (Å²) in [4.78, 5) is 36.9. The van der Waals surface area contributed by atoms with Crippen LogP contribution in [0.3, 0.4) is 0 Å². The Morgan fingerprint density at radius 1 is 1.25 bits per heavy atom. The van der Waals surface area contributed by atoms with Crippen molar-refractivity contribution in [3.05, 3.63) is 24.4 Å². The molecule has 2 aliphatic heterocycles. The van der Waals surface area contributed by atoms with E-state index >= 15 is 0 Å². The highest BCUT2D eigenvalue weighted by molar-refractivity contribution is 5.85. The zero-order valence-corrected chi connectivity index (χ0v) is 17.7. The minimum atomic E-state index is -0.440. The van der Waals surface area contributed by atoms with E-state index in [2.05, 4.69) is 23.7 Å². The van der Waals surface area contributed by atoms with E-state index in [1.165, 1.54) is 0 Å². The maximum Gasteiger partial charge on any atom is 0.230 e. The molecular weight excluding hydrogens is 352 g/mol. The molecule has 6 heteroatoms. The lowest BCUT2D eigenvalue weighted by molar-refractivity contribution is -0.142. The molecule has 154 valence electrons. The summed E-state index contributed by atoms with van der Waals surface area (Å²) in [5.41, 5.74) is -0.440. The van der Waals surface area contributed by atoms with Gasteiger partial charge in [0.15, 0.2) is 0 Å². The van der Waals surface area contributed by atoms with Crippen LogP contribution >= 0.6 is 0 Å². The lowest BCUT2D eigenvalue weighted by Gasteiger charge is -2.35. The molecule has 2 saturated heterocycles. The van der Waals surface area contributed by atoms with Gasteiger partial charge in [-0.25, -0.2) is 4.98 Å². The number of fused-ring (bicyclic) bond motifs is 1. The van der Waals surface area contributed by atoms with E-state index in [-0.39, 0.29) is 23.7 Å². The Labute approximate surface area is 168 Å². The molecule has 0 aromatic carbocycles. The van der Waals surface area contributed by atoms with Crippen molar-refractivity contribution in [2.24, 2.45) is 17.3 Å². The van der Waals surface area contributed by atoms with Gasteiger partial charge in [-0.1, -0.05) is 19.9 Å². The third-order valence-electron chi connectivity index (χ3n) is 6.64. The predicted molar refractivity (Wildman–Crippen MR) is 111 cm³/mol. The van der Waals surface area contributed by atoms with Gasteiger partial charge in [-0.15, -0.1) is 0 Å². The molecule has 3 rings (SSSR count). The zero-order valence-electron chi connectivity index (χ0n) is 17.7. The molecule has 0 unspecified atom stereocenters. The number of carbonyl (C=O) groups excluding carboxylic acids is 2. The van der Waals surface area contributed by atoms with E-state index in [0.29, 0.717) is 13.1 Å². The van der Waals surface area contributed by atoms with Crippen LogP contribution in [0.2, 0.25) is 0 Å². The number of rotatable bonds is 5. The predicted octanol–water partition coefficient (Wildman–Crippen LogP) is 2.65. The quantitative estimate of drug-likeness (QED) is 0.781. The van der Waals surface area contributed by atoms with Gasteiger partial charge in [0.05, 0.1) is 5.41 Å². The monoisotopic (exact) mass is 386 g/mol. The Kier molecular flexibility index (Phi) is 6.26. The lowest BCUT2D eigenvalue weighted by atomic mass is 9.74. The maximum atomic E-state index is 13.3. The van der Waals surface area contributed by atoms with Gasteiger partial charge in [0, 0.05) is 58.3 Å². The Hall–Kier alpha value is -2.11. The van der Waals surface area contributed by atoms with Crippen LogP contribution in [0.5, 0.6) is 0 Å². The van der Waals surface area contributed by atoms with Gasteiger partial charge in [-0.05, 0) is 37.8 Å². The molecule has 2 fully saturated rings. The van der Waals surface area contributed by atoms with E-state index in [1.807, 2.05) is 37.2 Å². The molecule has 0 bridgehead atoms. The molecule has 0 aliphatic carbocycles. The molecule has 0 spiro atoms. The fourth-order valence-electron chi connectivity index (χ4n) is 5.04. The number of anilines is 1. The van der Waals surface area contributed by atoms with E-state index in [1.54, 1.807) is 11.1 Å². The Morgan fingerprint density at radius 3 is 2.61 bits per heavy atom. The number of nitrogens with zero attached hydrogens (tertiary/aromatic N) is 4. The second-order valence-electron chi connectivity index (χ2n) is 8.52. The first-order chi connectivity index (χ1) is 13.4. The first-order valence-electron chi connectivity index (χ1n) is 10.6. The van der Waals surface area contributed by atoms with Gasteiger partial charge in [0.1, 0.15) is 5.82 Å². The summed E-state index contributed by atoms with van der Waals surface area (Å²) in [5, 5.41) is 0. The minimum absolute atomic E-state index is 0.0883. The molecule has 1 aromatic rings. The average Bonchev–Trinajstić information content (AvgIpc) is 2.97. The molecule has 6 nitrogen and oxygen atoms in total. The van der Waals surface area contributed by atoms with Crippen LogP contribution in [-0.4, -0.2) is 66.9 Å². The summed E-state index contributed by atoms with van der Waals surface area (Å²) in [6.45, 7) is 7.04. The van der Waals surface area contributed by atoms with Crippen molar-refractivity contribution in [1.82, 2.24) is 14.8 Å². The second-order valence-corrected chi connectivity index (χ2v) is 8.52. The third kappa shape index (κ3) is 3.74. The van der Waals surface area contributed by atoms with Crippen molar-refractivity contribution in [3.63, 3.8) is 0 Å². The number of hydrogen-bond donors (Lipinski definition) is 0. The summed E-state index contributed by atoms with van der Waals surface area (Å²) < 4.78 is 0. The maximum absolute atomic E-state index is 13.3. The third-order valence-corrected chi connectivity index (χ3v) is 6.64. The van der Waals surface area contributed by atoms with Crippen LogP contribution in [0.1, 0.15) is 39.5 Å². The lowest BCUT2D eigenvalue weighted by Crippen LogP contribution is -2.48. The number of hydrogen-bond acceptors (Lipinski definition) is 4. The highest BCUT2D eigenvalue weighted by Gasteiger charge is 2.54.